The Hall–Kier alpha value is -3.35. The molecule has 4 aromatic rings. The summed E-state index contributed by atoms with van der Waals surface area (Å²) < 4.78 is 2.27. The van der Waals surface area contributed by atoms with Crippen molar-refractivity contribution >= 4 is 40.3 Å². The number of anilines is 2. The summed E-state index contributed by atoms with van der Waals surface area (Å²) in [4.78, 5) is 9.36. The lowest BCUT2D eigenvalue weighted by molar-refractivity contribution is 0.357. The van der Waals surface area contributed by atoms with E-state index in [-0.39, 0.29) is 12.1 Å². The highest BCUT2D eigenvalue weighted by Crippen LogP contribution is 2.44. The van der Waals surface area contributed by atoms with E-state index in [1.807, 2.05) is 18.3 Å². The minimum Gasteiger partial charge on any atom is -0.370 e. The van der Waals surface area contributed by atoms with Crippen LogP contribution in [0, 0.1) is 18.8 Å². The minimum atomic E-state index is -0.126. The molecule has 0 bridgehead atoms. The predicted octanol–water partition coefficient (Wildman–Crippen LogP) is 7.49. The van der Waals surface area contributed by atoms with Gasteiger partial charge < -0.3 is 19.7 Å². The van der Waals surface area contributed by atoms with Crippen LogP contribution in [0.3, 0.4) is 0 Å². The number of nitrogens with one attached hydrogen (secondary N) is 1. The van der Waals surface area contributed by atoms with Gasteiger partial charge in [0, 0.05) is 42.6 Å². The van der Waals surface area contributed by atoms with Gasteiger partial charge >= 0.3 is 0 Å². The number of pyridine rings is 1. The Morgan fingerprint density at radius 2 is 1.69 bits per heavy atom. The van der Waals surface area contributed by atoms with Crippen molar-refractivity contribution in [3.63, 3.8) is 0 Å². The van der Waals surface area contributed by atoms with E-state index in [0.717, 1.165) is 46.6 Å². The molecule has 0 unspecified atom stereocenters. The van der Waals surface area contributed by atoms with Crippen LogP contribution in [0.15, 0.2) is 85.2 Å². The van der Waals surface area contributed by atoms with Gasteiger partial charge in [0.15, 0.2) is 5.11 Å². The first-order chi connectivity index (χ1) is 18.9. The minimum absolute atomic E-state index is 0.126. The highest BCUT2D eigenvalue weighted by Gasteiger charge is 2.42. The lowest BCUT2D eigenvalue weighted by Crippen LogP contribution is -2.38. The second-order valence-electron chi connectivity index (χ2n) is 11.1. The second-order valence-corrected chi connectivity index (χ2v) is 11.9. The molecule has 2 aliphatic heterocycles. The number of nitrogens with zero attached hydrogens (tertiary/aromatic N) is 4. The van der Waals surface area contributed by atoms with Crippen molar-refractivity contribution in [2.45, 2.75) is 39.3 Å². The molecular formula is C32H34ClN5S. The van der Waals surface area contributed by atoms with E-state index in [2.05, 4.69) is 107 Å². The third kappa shape index (κ3) is 4.92. The van der Waals surface area contributed by atoms with Crippen LogP contribution >= 0.6 is 23.8 Å². The van der Waals surface area contributed by atoms with Crippen molar-refractivity contribution in [1.29, 1.82) is 0 Å². The Bertz CT molecular complexity index is 1470. The zero-order valence-electron chi connectivity index (χ0n) is 22.6. The third-order valence-electron chi connectivity index (χ3n) is 7.98. The number of aromatic nitrogens is 2. The molecule has 0 aliphatic carbocycles. The molecule has 0 amide bonds. The fraction of sp³-hybridized carbons (Fsp3) is 0.312. The molecule has 6 rings (SSSR count). The molecular weight excluding hydrogens is 522 g/mol. The second kappa shape index (κ2) is 10.7. The first-order valence-corrected chi connectivity index (χ1v) is 14.5. The molecule has 0 radical (unpaired) electrons. The molecule has 7 heteroatoms. The van der Waals surface area contributed by atoms with Gasteiger partial charge in [-0.05, 0) is 91.5 Å². The Balaban J connectivity index is 1.43. The highest BCUT2D eigenvalue weighted by molar-refractivity contribution is 7.80. The summed E-state index contributed by atoms with van der Waals surface area (Å²) in [5.41, 5.74) is 6.51. The van der Waals surface area contributed by atoms with E-state index in [1.54, 1.807) is 0 Å². The molecule has 2 fully saturated rings. The van der Waals surface area contributed by atoms with E-state index in [9.17, 15) is 0 Å². The van der Waals surface area contributed by atoms with Gasteiger partial charge in [0.05, 0.1) is 22.4 Å². The van der Waals surface area contributed by atoms with Crippen LogP contribution in [0.5, 0.6) is 0 Å². The average Bonchev–Trinajstić information content (AvgIpc) is 3.53. The molecule has 0 spiro atoms. The number of aryl methyl sites for hydroxylation is 1. The van der Waals surface area contributed by atoms with Crippen molar-refractivity contribution in [3.05, 3.63) is 107 Å². The fourth-order valence-corrected chi connectivity index (χ4v) is 7.02. The summed E-state index contributed by atoms with van der Waals surface area (Å²) >= 11 is 13.0. The summed E-state index contributed by atoms with van der Waals surface area (Å²) in [7, 11) is 0. The average molecular weight is 556 g/mol. The topological polar surface area (TPSA) is 36.3 Å². The molecule has 4 heterocycles. The molecule has 200 valence electrons. The zero-order chi connectivity index (χ0) is 27.1. The zero-order valence-corrected chi connectivity index (χ0v) is 24.2. The number of thiocarbonyl (C=S) groups is 1. The van der Waals surface area contributed by atoms with E-state index >= 15 is 0 Å². The van der Waals surface area contributed by atoms with Gasteiger partial charge in [0.1, 0.15) is 6.04 Å². The van der Waals surface area contributed by atoms with Crippen molar-refractivity contribution in [2.24, 2.45) is 11.8 Å². The van der Waals surface area contributed by atoms with Crippen molar-refractivity contribution < 1.29 is 0 Å². The standard InChI is InChI=1S/C32H34ClN5S/c1-21-17-22(2)20-36(19-21)28-14-13-24(18-25(28)33)38-31(30(35-32(38)39)26-10-6-7-15-34-26)29-12-8-16-37(29)27-11-5-4-9-23(27)3/h4-16,18,21-22,30-31H,17,19-20H2,1-3H3,(H,35,39)/t21-,22+,30-,31+/m0/s1. The third-order valence-corrected chi connectivity index (χ3v) is 8.59. The highest BCUT2D eigenvalue weighted by atomic mass is 35.5. The summed E-state index contributed by atoms with van der Waals surface area (Å²) in [6.45, 7) is 8.85. The maximum absolute atomic E-state index is 7.01. The van der Waals surface area contributed by atoms with Crippen LogP contribution in [-0.4, -0.2) is 27.8 Å². The number of halogens is 1. The van der Waals surface area contributed by atoms with E-state index in [4.69, 9.17) is 28.8 Å². The van der Waals surface area contributed by atoms with Crippen molar-refractivity contribution in [2.75, 3.05) is 22.9 Å². The lowest BCUT2D eigenvalue weighted by atomic mass is 9.91. The molecule has 2 aromatic carbocycles. The Kier molecular flexibility index (Phi) is 7.08. The van der Waals surface area contributed by atoms with Gasteiger partial charge in [0.2, 0.25) is 0 Å². The fourth-order valence-electron chi connectivity index (χ4n) is 6.38. The maximum Gasteiger partial charge on any atom is 0.174 e. The first kappa shape index (κ1) is 25.9. The Morgan fingerprint density at radius 1 is 0.923 bits per heavy atom. The first-order valence-electron chi connectivity index (χ1n) is 13.7. The van der Waals surface area contributed by atoms with Crippen LogP contribution in [-0.2, 0) is 0 Å². The number of benzene rings is 2. The van der Waals surface area contributed by atoms with E-state index < -0.39 is 0 Å². The molecule has 0 saturated carbocycles. The molecule has 2 saturated heterocycles. The van der Waals surface area contributed by atoms with Gasteiger partial charge in [-0.3, -0.25) is 4.98 Å². The van der Waals surface area contributed by atoms with Crippen LogP contribution < -0.4 is 15.1 Å². The molecule has 1 N–H and O–H groups in total. The Labute approximate surface area is 241 Å². The van der Waals surface area contributed by atoms with E-state index in [0.29, 0.717) is 16.9 Å². The molecule has 4 atom stereocenters. The summed E-state index contributed by atoms with van der Waals surface area (Å²) in [5, 5.41) is 5.01. The van der Waals surface area contributed by atoms with E-state index in [1.165, 1.54) is 12.0 Å². The lowest BCUT2D eigenvalue weighted by Gasteiger charge is -2.37. The predicted molar refractivity (Wildman–Crippen MR) is 165 cm³/mol. The summed E-state index contributed by atoms with van der Waals surface area (Å²) in [5.74, 6) is 1.30. The smallest absolute Gasteiger partial charge is 0.174 e. The maximum atomic E-state index is 7.01. The number of hydrogen-bond acceptors (Lipinski definition) is 3. The van der Waals surface area contributed by atoms with Crippen LogP contribution in [0.1, 0.15) is 49.3 Å². The summed E-state index contributed by atoms with van der Waals surface area (Å²) in [6, 6.07) is 24.9. The monoisotopic (exact) mass is 555 g/mol. The number of rotatable bonds is 5. The molecule has 2 aromatic heterocycles. The van der Waals surface area contributed by atoms with Crippen LogP contribution in [0.4, 0.5) is 11.4 Å². The largest absolute Gasteiger partial charge is 0.370 e. The van der Waals surface area contributed by atoms with Gasteiger partial charge in [-0.15, -0.1) is 0 Å². The van der Waals surface area contributed by atoms with Gasteiger partial charge in [-0.2, -0.15) is 0 Å². The van der Waals surface area contributed by atoms with Crippen LogP contribution in [0.25, 0.3) is 5.69 Å². The number of piperidine rings is 1. The van der Waals surface area contributed by atoms with Crippen molar-refractivity contribution in [1.82, 2.24) is 14.9 Å². The summed E-state index contributed by atoms with van der Waals surface area (Å²) in [6.07, 6.45) is 5.23. The van der Waals surface area contributed by atoms with Gasteiger partial charge in [-0.25, -0.2) is 0 Å². The molecule has 2 aliphatic rings. The quantitative estimate of drug-likeness (QED) is 0.258. The number of para-hydroxylation sites is 1. The van der Waals surface area contributed by atoms with Crippen LogP contribution in [0.2, 0.25) is 5.02 Å². The normalized spacial score (nSPS) is 23.2. The SMILES string of the molecule is Cc1ccccc1-n1cccc1[C@@H]1[C@H](c2ccccn2)NC(=S)N1c1ccc(N2C[C@H](C)C[C@H](C)C2)c(Cl)c1. The van der Waals surface area contributed by atoms with Crippen molar-refractivity contribution in [3.8, 4) is 5.69 Å². The van der Waals surface area contributed by atoms with Gasteiger partial charge in [0.25, 0.3) is 0 Å². The molecule has 39 heavy (non-hydrogen) atoms. The number of hydrogen-bond donors (Lipinski definition) is 1. The van der Waals surface area contributed by atoms with Gasteiger partial charge in [-0.1, -0.05) is 49.7 Å². The molecule has 5 nitrogen and oxygen atoms in total. The Morgan fingerprint density at radius 3 is 2.41 bits per heavy atom.